The summed E-state index contributed by atoms with van der Waals surface area (Å²) in [6, 6.07) is 54.4. The second-order valence-electron chi connectivity index (χ2n) is 16.0. The Kier molecular flexibility index (Phi) is 5.73. The summed E-state index contributed by atoms with van der Waals surface area (Å²) in [5.41, 5.74) is 15.6. The molecule has 5 aliphatic carbocycles. The minimum Gasteiger partial charge on any atom is -0.455 e. The van der Waals surface area contributed by atoms with Crippen molar-refractivity contribution in [3.05, 3.63) is 157 Å². The van der Waals surface area contributed by atoms with Crippen LogP contribution in [0.3, 0.4) is 0 Å². The molecule has 0 radical (unpaired) electrons. The fourth-order valence-electron chi connectivity index (χ4n) is 11.9. The van der Waals surface area contributed by atoms with E-state index in [4.69, 9.17) is 4.42 Å². The number of rotatable bonds is 3. The molecule has 51 heavy (non-hydrogen) atoms. The first-order valence-corrected chi connectivity index (χ1v) is 19.0. The molecule has 0 amide bonds. The van der Waals surface area contributed by atoms with Crippen LogP contribution in [0.15, 0.2) is 150 Å². The number of hydrogen-bond acceptors (Lipinski definition) is 1. The van der Waals surface area contributed by atoms with E-state index >= 15 is 0 Å². The normalized spacial score (nSPS) is 24.2. The molecular formula is C50H38O. The van der Waals surface area contributed by atoms with E-state index in [1.807, 2.05) is 0 Å². The average molecular weight is 655 g/mol. The van der Waals surface area contributed by atoms with Gasteiger partial charge in [-0.1, -0.05) is 133 Å². The lowest BCUT2D eigenvalue weighted by atomic mass is 9.43. The highest BCUT2D eigenvalue weighted by Gasteiger charge is 2.61. The minimum atomic E-state index is 0.161. The van der Waals surface area contributed by atoms with Crippen molar-refractivity contribution in [2.24, 2.45) is 23.7 Å². The maximum atomic E-state index is 6.84. The van der Waals surface area contributed by atoms with E-state index in [-0.39, 0.29) is 5.41 Å². The van der Waals surface area contributed by atoms with Crippen LogP contribution in [0.2, 0.25) is 0 Å². The van der Waals surface area contributed by atoms with Crippen LogP contribution < -0.4 is 0 Å². The number of para-hydroxylation sites is 1. The van der Waals surface area contributed by atoms with E-state index < -0.39 is 0 Å². The Bertz CT molecular complexity index is 2680. The van der Waals surface area contributed by atoms with Crippen molar-refractivity contribution in [3.63, 3.8) is 0 Å². The van der Waals surface area contributed by atoms with Crippen LogP contribution in [0.4, 0.5) is 0 Å². The maximum absolute atomic E-state index is 6.84. The van der Waals surface area contributed by atoms with Gasteiger partial charge >= 0.3 is 0 Å². The summed E-state index contributed by atoms with van der Waals surface area (Å²) in [6.07, 6.45) is 7.08. The first kappa shape index (κ1) is 28.3. The molecule has 1 spiro atoms. The molecule has 0 atom stereocenters. The largest absolute Gasteiger partial charge is 0.455 e. The smallest absolute Gasteiger partial charge is 0.143 e. The fraction of sp³-hybridized carbons (Fsp3) is 0.200. The lowest BCUT2D eigenvalue weighted by Gasteiger charge is -2.61. The summed E-state index contributed by atoms with van der Waals surface area (Å²) < 4.78 is 6.84. The van der Waals surface area contributed by atoms with Gasteiger partial charge in [0.2, 0.25) is 0 Å². The molecule has 7 aromatic carbocycles. The van der Waals surface area contributed by atoms with E-state index in [9.17, 15) is 0 Å². The van der Waals surface area contributed by atoms with Crippen molar-refractivity contribution in [3.8, 4) is 44.5 Å². The van der Waals surface area contributed by atoms with Crippen molar-refractivity contribution in [2.75, 3.05) is 0 Å². The molecule has 0 unspecified atom stereocenters. The number of fused-ring (bicyclic) bond motifs is 7. The van der Waals surface area contributed by atoms with Crippen molar-refractivity contribution in [2.45, 2.75) is 37.5 Å². The third kappa shape index (κ3) is 3.82. The molecule has 4 fully saturated rings. The number of furan rings is 1. The van der Waals surface area contributed by atoms with Gasteiger partial charge in [0.15, 0.2) is 0 Å². The van der Waals surface area contributed by atoms with E-state index in [0.717, 1.165) is 40.4 Å². The van der Waals surface area contributed by atoms with E-state index in [1.165, 1.54) is 92.6 Å². The highest BCUT2D eigenvalue weighted by atomic mass is 16.3. The Labute approximate surface area is 298 Å². The Hall–Kier alpha value is -5.40. The highest BCUT2D eigenvalue weighted by Crippen LogP contribution is 2.70. The summed E-state index contributed by atoms with van der Waals surface area (Å²) >= 11 is 0. The van der Waals surface area contributed by atoms with E-state index in [1.54, 1.807) is 11.1 Å². The predicted octanol–water partition coefficient (Wildman–Crippen LogP) is 13.5. The van der Waals surface area contributed by atoms with Crippen LogP contribution in [0.1, 0.15) is 43.2 Å². The average Bonchev–Trinajstić information content (AvgIpc) is 3.71. The molecule has 244 valence electrons. The third-order valence-electron chi connectivity index (χ3n) is 13.7. The molecule has 5 aliphatic rings. The second-order valence-corrected chi connectivity index (χ2v) is 16.0. The molecule has 1 aromatic heterocycles. The van der Waals surface area contributed by atoms with E-state index in [2.05, 4.69) is 146 Å². The van der Waals surface area contributed by atoms with Crippen LogP contribution in [0.25, 0.3) is 77.2 Å². The molecule has 8 aromatic rings. The SMILES string of the molecule is c1ccc2c(c1)-c1c(-c3cccc4oc5c(-c6ccc(-c7ccc8ccccc8c7)cc6)cccc5c34)cccc1C21C2CC3CC(C2)CC1C3. The van der Waals surface area contributed by atoms with Gasteiger partial charge in [0.05, 0.1) is 0 Å². The topological polar surface area (TPSA) is 13.1 Å². The molecule has 0 aliphatic heterocycles. The first-order chi connectivity index (χ1) is 25.2. The van der Waals surface area contributed by atoms with Crippen LogP contribution in [0.5, 0.6) is 0 Å². The summed E-state index contributed by atoms with van der Waals surface area (Å²) in [6.45, 7) is 0. The highest BCUT2D eigenvalue weighted by molar-refractivity contribution is 6.16. The lowest BCUT2D eigenvalue weighted by Crippen LogP contribution is -2.55. The molecule has 4 saturated carbocycles. The molecule has 1 heterocycles. The molecule has 0 saturated heterocycles. The van der Waals surface area contributed by atoms with Gasteiger partial charge in [-0.05, 0) is 129 Å². The number of benzene rings is 7. The van der Waals surface area contributed by atoms with Gasteiger partial charge in [0, 0.05) is 21.8 Å². The van der Waals surface area contributed by atoms with Crippen molar-refractivity contribution in [1.82, 2.24) is 0 Å². The Morgan fingerprint density at radius 2 is 1.08 bits per heavy atom. The maximum Gasteiger partial charge on any atom is 0.143 e. The molecule has 1 nitrogen and oxygen atoms in total. The van der Waals surface area contributed by atoms with E-state index in [0.29, 0.717) is 0 Å². The predicted molar refractivity (Wildman–Crippen MR) is 211 cm³/mol. The van der Waals surface area contributed by atoms with Gasteiger partial charge in [0.25, 0.3) is 0 Å². The van der Waals surface area contributed by atoms with Gasteiger partial charge in [0.1, 0.15) is 11.2 Å². The summed E-state index contributed by atoms with van der Waals surface area (Å²) in [5.74, 6) is 3.39. The van der Waals surface area contributed by atoms with Crippen LogP contribution in [-0.4, -0.2) is 0 Å². The van der Waals surface area contributed by atoms with Crippen molar-refractivity contribution < 1.29 is 4.42 Å². The monoisotopic (exact) mass is 654 g/mol. The second kappa shape index (κ2) is 10.3. The molecule has 13 rings (SSSR count). The van der Waals surface area contributed by atoms with Gasteiger partial charge in [-0.2, -0.15) is 0 Å². The van der Waals surface area contributed by atoms with Crippen molar-refractivity contribution in [1.29, 1.82) is 0 Å². The first-order valence-electron chi connectivity index (χ1n) is 19.0. The Balaban J connectivity index is 1.01. The Morgan fingerprint density at radius 3 is 1.92 bits per heavy atom. The van der Waals surface area contributed by atoms with Crippen LogP contribution in [-0.2, 0) is 5.41 Å². The third-order valence-corrected chi connectivity index (χ3v) is 13.7. The molecular weight excluding hydrogens is 617 g/mol. The Morgan fingerprint density at radius 1 is 0.451 bits per heavy atom. The van der Waals surface area contributed by atoms with Gasteiger partial charge in [-0.3, -0.25) is 0 Å². The minimum absolute atomic E-state index is 0.161. The number of hydrogen-bond donors (Lipinski definition) is 0. The molecule has 0 N–H and O–H groups in total. The summed E-state index contributed by atoms with van der Waals surface area (Å²) in [7, 11) is 0. The standard InChI is InChI=1S/C50H38O/c1-2-9-35-29-36(23-20-32(35)8-1)33-18-21-34(22-19-33)39-11-5-14-43-48-41(13-7-17-46(48)51-49(39)43)40-12-6-16-45-47(40)42-10-3-4-15-44(42)50(45)37-25-30-24-31(27-37)28-38(50)26-30/h1-23,29-31,37-38H,24-28H2. The zero-order chi connectivity index (χ0) is 33.3. The quantitative estimate of drug-likeness (QED) is 0.185. The van der Waals surface area contributed by atoms with Crippen molar-refractivity contribution >= 4 is 32.7 Å². The van der Waals surface area contributed by atoms with Crippen LogP contribution >= 0.6 is 0 Å². The lowest BCUT2D eigenvalue weighted by molar-refractivity contribution is -0.0399. The zero-order valence-corrected chi connectivity index (χ0v) is 28.6. The summed E-state index contributed by atoms with van der Waals surface area (Å²) in [5, 5.41) is 4.94. The van der Waals surface area contributed by atoms with Gasteiger partial charge < -0.3 is 4.42 Å². The van der Waals surface area contributed by atoms with Crippen LogP contribution in [0, 0.1) is 23.7 Å². The molecule has 1 heteroatoms. The fourth-order valence-corrected chi connectivity index (χ4v) is 11.9. The molecule has 4 bridgehead atoms. The summed E-state index contributed by atoms with van der Waals surface area (Å²) in [4.78, 5) is 0. The van der Waals surface area contributed by atoms with Gasteiger partial charge in [-0.15, -0.1) is 0 Å². The zero-order valence-electron chi connectivity index (χ0n) is 28.6. The van der Waals surface area contributed by atoms with Gasteiger partial charge in [-0.25, -0.2) is 0 Å².